The van der Waals surface area contributed by atoms with Crippen molar-refractivity contribution in [3.05, 3.63) is 18.8 Å². The molecule has 39 valence electrons. The number of ether oxygens (including phenoxy) is 1. The molecule has 1 aliphatic heterocycles. The number of rotatable bonds is 0. The van der Waals surface area contributed by atoms with Crippen molar-refractivity contribution in [3.63, 3.8) is 0 Å². The van der Waals surface area contributed by atoms with Gasteiger partial charge in [-0.05, 0) is 12.8 Å². The minimum atomic E-state index is 0.832. The van der Waals surface area contributed by atoms with Crippen LogP contribution >= 0.6 is 0 Å². The van der Waals surface area contributed by atoms with Crippen molar-refractivity contribution in [3.8, 4) is 0 Å². The zero-order valence-corrected chi connectivity index (χ0v) is 4.31. The molecule has 1 rings (SSSR count). The Kier molecular flexibility index (Phi) is 1.47. The summed E-state index contributed by atoms with van der Waals surface area (Å²) in [7, 11) is 0. The van der Waals surface area contributed by atoms with Crippen LogP contribution in [0.4, 0.5) is 0 Å². The monoisotopic (exact) mass is 97.1 g/mol. The first-order valence-electron chi connectivity index (χ1n) is 2.49. The lowest BCUT2D eigenvalue weighted by molar-refractivity contribution is 0.179. The first-order valence-corrected chi connectivity index (χ1v) is 2.49. The Labute approximate surface area is 44.0 Å². The van der Waals surface area contributed by atoms with Gasteiger partial charge in [0.25, 0.3) is 0 Å². The largest absolute Gasteiger partial charge is 0.375 e. The van der Waals surface area contributed by atoms with Crippen LogP contribution in [0.5, 0.6) is 0 Å². The number of hydrogen-bond acceptors (Lipinski definition) is 1. The molecule has 0 bridgehead atoms. The molecule has 1 nitrogen and oxygen atoms in total. The smallest absolute Gasteiger partial charge is 0.0876 e. The van der Waals surface area contributed by atoms with Crippen LogP contribution in [0.1, 0.15) is 12.8 Å². The quantitative estimate of drug-likeness (QED) is 0.416. The van der Waals surface area contributed by atoms with Gasteiger partial charge >= 0.3 is 0 Å². The highest BCUT2D eigenvalue weighted by Gasteiger charge is 2.00. The second-order valence-electron chi connectivity index (χ2n) is 1.74. The van der Waals surface area contributed by atoms with Gasteiger partial charge in [0.05, 0.1) is 13.2 Å². The summed E-state index contributed by atoms with van der Waals surface area (Å²) < 4.78 is 4.95. The molecule has 0 aliphatic carbocycles. The lowest BCUT2D eigenvalue weighted by Crippen LogP contribution is -2.00. The van der Waals surface area contributed by atoms with Crippen molar-refractivity contribution in [2.75, 3.05) is 6.61 Å². The van der Waals surface area contributed by atoms with Gasteiger partial charge in [0.15, 0.2) is 0 Å². The molecule has 0 amide bonds. The molecule has 1 aliphatic rings. The van der Waals surface area contributed by atoms with E-state index in [0.717, 1.165) is 19.4 Å². The van der Waals surface area contributed by atoms with Gasteiger partial charge in [-0.15, -0.1) is 0 Å². The van der Waals surface area contributed by atoms with Gasteiger partial charge < -0.3 is 4.74 Å². The Morgan fingerprint density at radius 1 is 1.71 bits per heavy atom. The van der Waals surface area contributed by atoms with Crippen LogP contribution in [0.3, 0.4) is 0 Å². The Hall–Kier alpha value is -0.300. The molecular weight excluding hydrogens is 88.1 g/mol. The van der Waals surface area contributed by atoms with E-state index in [2.05, 4.69) is 6.58 Å². The molecule has 1 fully saturated rings. The summed E-state index contributed by atoms with van der Waals surface area (Å²) in [5, 5.41) is 0. The molecule has 0 saturated carbocycles. The van der Waals surface area contributed by atoms with E-state index in [1.165, 1.54) is 5.57 Å². The van der Waals surface area contributed by atoms with Crippen LogP contribution in [0.2, 0.25) is 0 Å². The maximum atomic E-state index is 4.95. The van der Waals surface area contributed by atoms with Crippen molar-refractivity contribution in [1.82, 2.24) is 0 Å². The maximum absolute atomic E-state index is 4.95. The molecule has 1 radical (unpaired) electrons. The normalized spacial score (nSPS) is 22.6. The highest BCUT2D eigenvalue weighted by atomic mass is 16.5. The maximum Gasteiger partial charge on any atom is 0.0876 e. The molecule has 0 unspecified atom stereocenters. The zero-order valence-electron chi connectivity index (χ0n) is 4.31. The fourth-order valence-electron chi connectivity index (χ4n) is 0.565. The van der Waals surface area contributed by atoms with E-state index in [1.807, 2.05) is 6.61 Å². The molecule has 0 spiro atoms. The second-order valence-corrected chi connectivity index (χ2v) is 1.74. The average molecular weight is 97.1 g/mol. The van der Waals surface area contributed by atoms with Crippen LogP contribution in [0, 0.1) is 6.61 Å². The SMILES string of the molecule is C=C1C[CH]OCC1. The molecule has 7 heavy (non-hydrogen) atoms. The summed E-state index contributed by atoms with van der Waals surface area (Å²) >= 11 is 0. The van der Waals surface area contributed by atoms with Crippen molar-refractivity contribution in [2.24, 2.45) is 0 Å². The average Bonchev–Trinajstić information content (AvgIpc) is 1.69. The van der Waals surface area contributed by atoms with E-state index in [-0.39, 0.29) is 0 Å². The minimum absolute atomic E-state index is 0.832. The fourth-order valence-corrected chi connectivity index (χ4v) is 0.565. The van der Waals surface area contributed by atoms with E-state index >= 15 is 0 Å². The molecule has 0 N–H and O–H groups in total. The Balaban J connectivity index is 2.25. The van der Waals surface area contributed by atoms with Gasteiger partial charge in [0.1, 0.15) is 0 Å². The van der Waals surface area contributed by atoms with Crippen LogP contribution in [0.25, 0.3) is 0 Å². The molecule has 0 aromatic rings. The van der Waals surface area contributed by atoms with Gasteiger partial charge in [-0.1, -0.05) is 12.2 Å². The molecule has 1 heterocycles. The summed E-state index contributed by atoms with van der Waals surface area (Å²) in [6, 6.07) is 0. The first kappa shape index (κ1) is 4.85. The summed E-state index contributed by atoms with van der Waals surface area (Å²) in [6.45, 7) is 6.45. The van der Waals surface area contributed by atoms with E-state index < -0.39 is 0 Å². The van der Waals surface area contributed by atoms with Crippen molar-refractivity contribution < 1.29 is 4.74 Å². The van der Waals surface area contributed by atoms with Crippen molar-refractivity contribution in [2.45, 2.75) is 12.8 Å². The molecule has 0 aromatic carbocycles. The third kappa shape index (κ3) is 1.32. The topological polar surface area (TPSA) is 9.23 Å². The molecule has 0 atom stereocenters. The minimum Gasteiger partial charge on any atom is -0.375 e. The van der Waals surface area contributed by atoms with Crippen LogP contribution < -0.4 is 0 Å². The standard InChI is InChI=1S/C6H9O/c1-6-2-4-7-5-3-6/h4H,1-3,5H2. The molecule has 1 saturated heterocycles. The molecular formula is C6H9O. The van der Waals surface area contributed by atoms with E-state index in [1.54, 1.807) is 0 Å². The summed E-state index contributed by atoms with van der Waals surface area (Å²) in [5.74, 6) is 0. The highest BCUT2D eigenvalue weighted by molar-refractivity contribution is 4.98. The van der Waals surface area contributed by atoms with E-state index in [9.17, 15) is 0 Å². The highest BCUT2D eigenvalue weighted by Crippen LogP contribution is 2.12. The van der Waals surface area contributed by atoms with Gasteiger partial charge in [-0.3, -0.25) is 0 Å². The van der Waals surface area contributed by atoms with Gasteiger partial charge in [-0.2, -0.15) is 0 Å². The van der Waals surface area contributed by atoms with Gasteiger partial charge in [0, 0.05) is 0 Å². The Morgan fingerprint density at radius 2 is 2.57 bits per heavy atom. The first-order chi connectivity index (χ1) is 3.39. The predicted octanol–water partition coefficient (Wildman–Crippen LogP) is 1.51. The third-order valence-electron chi connectivity index (χ3n) is 1.06. The van der Waals surface area contributed by atoms with Crippen LogP contribution in [0.15, 0.2) is 12.2 Å². The number of hydrogen-bond donors (Lipinski definition) is 0. The summed E-state index contributed by atoms with van der Waals surface area (Å²) in [4.78, 5) is 0. The summed E-state index contributed by atoms with van der Waals surface area (Å²) in [5.41, 5.74) is 1.28. The second kappa shape index (κ2) is 2.12. The van der Waals surface area contributed by atoms with Crippen LogP contribution in [-0.4, -0.2) is 6.61 Å². The third-order valence-corrected chi connectivity index (χ3v) is 1.06. The lowest BCUT2D eigenvalue weighted by atomic mass is 10.1. The van der Waals surface area contributed by atoms with Crippen LogP contribution in [-0.2, 0) is 4.74 Å². The Bertz CT molecular complexity index is 68.2. The van der Waals surface area contributed by atoms with Gasteiger partial charge in [-0.25, -0.2) is 0 Å². The summed E-state index contributed by atoms with van der Waals surface area (Å²) in [6.07, 6.45) is 1.98. The van der Waals surface area contributed by atoms with E-state index in [0.29, 0.717) is 0 Å². The predicted molar refractivity (Wildman–Crippen MR) is 28.6 cm³/mol. The van der Waals surface area contributed by atoms with Crippen molar-refractivity contribution >= 4 is 0 Å². The fraction of sp³-hybridized carbons (Fsp3) is 0.500. The van der Waals surface area contributed by atoms with Gasteiger partial charge in [0.2, 0.25) is 0 Å². The van der Waals surface area contributed by atoms with E-state index in [4.69, 9.17) is 4.74 Å². The lowest BCUT2D eigenvalue weighted by Gasteiger charge is -2.11. The Morgan fingerprint density at radius 3 is 2.86 bits per heavy atom. The molecule has 0 aromatic heterocycles. The zero-order chi connectivity index (χ0) is 5.11. The molecule has 1 heteroatoms. The van der Waals surface area contributed by atoms with Crippen molar-refractivity contribution in [1.29, 1.82) is 0 Å².